The van der Waals surface area contributed by atoms with Crippen molar-refractivity contribution >= 4 is 29.2 Å². The largest absolute Gasteiger partial charge is 0.481 e. The zero-order valence-corrected chi connectivity index (χ0v) is 12.2. The number of anilines is 1. The van der Waals surface area contributed by atoms with Gasteiger partial charge >= 0.3 is 5.97 Å². The number of carboxylic acids is 1. The van der Waals surface area contributed by atoms with Gasteiger partial charge in [-0.05, 0) is 24.0 Å². The third-order valence-electron chi connectivity index (χ3n) is 2.82. The van der Waals surface area contributed by atoms with E-state index < -0.39 is 23.2 Å². The highest BCUT2D eigenvalue weighted by Crippen LogP contribution is 2.30. The fourth-order valence-electron chi connectivity index (χ4n) is 1.82. The van der Waals surface area contributed by atoms with E-state index >= 15 is 0 Å². The van der Waals surface area contributed by atoms with Gasteiger partial charge in [0.05, 0.1) is 10.7 Å². The fourth-order valence-corrected chi connectivity index (χ4v) is 2.00. The number of aliphatic carboxylic acids is 1. The number of carboxylic acid groups (broad SMARTS) is 1. The lowest BCUT2D eigenvalue weighted by Crippen LogP contribution is -2.39. The van der Waals surface area contributed by atoms with Crippen LogP contribution < -0.4 is 5.32 Å². The van der Waals surface area contributed by atoms with Gasteiger partial charge in [0, 0.05) is 0 Å². The molecule has 5 heteroatoms. The maximum atomic E-state index is 12.1. The van der Waals surface area contributed by atoms with E-state index in [4.69, 9.17) is 11.6 Å². The lowest BCUT2D eigenvalue weighted by molar-refractivity contribution is -0.149. The van der Waals surface area contributed by atoms with Crippen molar-refractivity contribution in [3.63, 3.8) is 0 Å². The molecule has 104 valence electrons. The second-order valence-electron chi connectivity index (χ2n) is 5.56. The number of nitrogens with one attached hydrogen (secondary N) is 1. The molecule has 2 N–H and O–H groups in total. The zero-order valence-electron chi connectivity index (χ0n) is 11.5. The number of benzene rings is 1. The molecule has 1 unspecified atom stereocenters. The summed E-state index contributed by atoms with van der Waals surface area (Å²) in [6.07, 6.45) is 0. The van der Waals surface area contributed by atoms with Gasteiger partial charge in [0.2, 0.25) is 5.91 Å². The van der Waals surface area contributed by atoms with Crippen molar-refractivity contribution in [1.82, 2.24) is 0 Å². The number of rotatable bonds is 3. The number of carbonyl (C=O) groups excluding carboxylic acids is 1. The Morgan fingerprint density at radius 1 is 1.32 bits per heavy atom. The van der Waals surface area contributed by atoms with Crippen LogP contribution in [0, 0.1) is 18.3 Å². The number of halogens is 1. The average Bonchev–Trinajstić information content (AvgIpc) is 2.22. The van der Waals surface area contributed by atoms with E-state index in [2.05, 4.69) is 5.32 Å². The summed E-state index contributed by atoms with van der Waals surface area (Å²) in [5, 5.41) is 12.2. The first-order valence-corrected chi connectivity index (χ1v) is 6.31. The minimum atomic E-state index is -1.14. The Morgan fingerprint density at radius 2 is 1.89 bits per heavy atom. The molecule has 1 amide bonds. The molecule has 0 aromatic heterocycles. The van der Waals surface area contributed by atoms with Crippen LogP contribution in [0.25, 0.3) is 0 Å². The predicted octanol–water partition coefficient (Wildman–Crippen LogP) is 3.33. The third kappa shape index (κ3) is 3.70. The summed E-state index contributed by atoms with van der Waals surface area (Å²) in [6.45, 7) is 6.95. The Bertz CT molecular complexity index is 506. The number of hydrogen-bond acceptors (Lipinski definition) is 2. The minimum absolute atomic E-state index is 0.425. The Hall–Kier alpha value is -1.55. The molecule has 19 heavy (non-hydrogen) atoms. The topological polar surface area (TPSA) is 66.4 Å². The summed E-state index contributed by atoms with van der Waals surface area (Å²) in [7, 11) is 0. The van der Waals surface area contributed by atoms with Crippen molar-refractivity contribution in [2.24, 2.45) is 11.3 Å². The smallest absolute Gasteiger partial charge is 0.316 e. The molecule has 1 aromatic carbocycles. The molecule has 4 nitrogen and oxygen atoms in total. The molecular weight excluding hydrogens is 266 g/mol. The van der Waals surface area contributed by atoms with Gasteiger partial charge in [-0.15, -0.1) is 0 Å². The molecule has 1 aromatic rings. The molecule has 0 heterocycles. The molecule has 1 rings (SSSR count). The molecule has 0 aliphatic heterocycles. The van der Waals surface area contributed by atoms with Gasteiger partial charge in [0.1, 0.15) is 5.92 Å². The maximum Gasteiger partial charge on any atom is 0.316 e. The molecule has 0 fully saturated rings. The molecule has 1 atom stereocenters. The average molecular weight is 284 g/mol. The molecule has 0 radical (unpaired) electrons. The van der Waals surface area contributed by atoms with Crippen LogP contribution in [-0.4, -0.2) is 17.0 Å². The first kappa shape index (κ1) is 15.5. The van der Waals surface area contributed by atoms with E-state index in [1.165, 1.54) is 0 Å². The molecule has 0 saturated heterocycles. The molecule has 0 spiro atoms. The lowest BCUT2D eigenvalue weighted by atomic mass is 9.80. The second-order valence-corrected chi connectivity index (χ2v) is 5.94. The number of amides is 1. The first-order chi connectivity index (χ1) is 8.64. The number of aryl methyl sites for hydroxylation is 1. The molecule has 0 aliphatic rings. The lowest BCUT2D eigenvalue weighted by Gasteiger charge is -2.26. The van der Waals surface area contributed by atoms with Gasteiger partial charge in [-0.2, -0.15) is 0 Å². The Kier molecular flexibility index (Phi) is 4.58. The van der Waals surface area contributed by atoms with Gasteiger partial charge in [0.25, 0.3) is 0 Å². The van der Waals surface area contributed by atoms with E-state index in [1.54, 1.807) is 32.9 Å². The fraction of sp³-hybridized carbons (Fsp3) is 0.429. The van der Waals surface area contributed by atoms with Crippen molar-refractivity contribution in [1.29, 1.82) is 0 Å². The molecule has 0 bridgehead atoms. The predicted molar refractivity (Wildman–Crippen MR) is 75.4 cm³/mol. The normalized spacial score (nSPS) is 12.9. The van der Waals surface area contributed by atoms with Gasteiger partial charge in [-0.3, -0.25) is 9.59 Å². The van der Waals surface area contributed by atoms with Crippen LogP contribution in [0.15, 0.2) is 18.2 Å². The highest BCUT2D eigenvalue weighted by atomic mass is 35.5. The van der Waals surface area contributed by atoms with E-state index in [1.807, 2.05) is 13.0 Å². The second kappa shape index (κ2) is 5.61. The van der Waals surface area contributed by atoms with Gasteiger partial charge < -0.3 is 10.4 Å². The van der Waals surface area contributed by atoms with E-state index in [0.29, 0.717) is 10.7 Å². The quantitative estimate of drug-likeness (QED) is 0.836. The maximum absolute atomic E-state index is 12.1. The van der Waals surface area contributed by atoms with Crippen molar-refractivity contribution in [2.75, 3.05) is 5.32 Å². The minimum Gasteiger partial charge on any atom is -0.481 e. The summed E-state index contributed by atoms with van der Waals surface area (Å²) < 4.78 is 0. The van der Waals surface area contributed by atoms with E-state index in [9.17, 15) is 14.7 Å². The highest BCUT2D eigenvalue weighted by Gasteiger charge is 2.37. The van der Waals surface area contributed by atoms with Crippen molar-refractivity contribution in [2.45, 2.75) is 27.7 Å². The summed E-state index contributed by atoms with van der Waals surface area (Å²) >= 11 is 6.07. The highest BCUT2D eigenvalue weighted by molar-refractivity contribution is 6.34. The molecule has 0 saturated carbocycles. The van der Waals surface area contributed by atoms with Gasteiger partial charge in [-0.1, -0.05) is 44.5 Å². The SMILES string of the molecule is Cc1cccc(NC(=O)C(C(=O)O)C(C)(C)C)c1Cl. The van der Waals surface area contributed by atoms with Crippen LogP contribution in [-0.2, 0) is 9.59 Å². The Balaban J connectivity index is 3.01. The Morgan fingerprint density at radius 3 is 2.37 bits per heavy atom. The van der Waals surface area contributed by atoms with E-state index in [-0.39, 0.29) is 0 Å². The molecule has 0 aliphatic carbocycles. The van der Waals surface area contributed by atoms with Crippen LogP contribution in [0.5, 0.6) is 0 Å². The van der Waals surface area contributed by atoms with Crippen LogP contribution >= 0.6 is 11.6 Å². The van der Waals surface area contributed by atoms with Gasteiger partial charge in [0.15, 0.2) is 0 Å². The number of carbonyl (C=O) groups is 2. The zero-order chi connectivity index (χ0) is 14.8. The standard InChI is InChI=1S/C14H18ClNO3/c1-8-6-5-7-9(11(8)15)16-12(17)10(13(18)19)14(2,3)4/h5-7,10H,1-4H3,(H,16,17)(H,18,19). The third-order valence-corrected chi connectivity index (χ3v) is 3.33. The summed E-state index contributed by atoms with van der Waals surface area (Å²) in [6, 6.07) is 5.22. The first-order valence-electron chi connectivity index (χ1n) is 5.93. The van der Waals surface area contributed by atoms with Crippen LogP contribution in [0.4, 0.5) is 5.69 Å². The van der Waals surface area contributed by atoms with Crippen molar-refractivity contribution < 1.29 is 14.7 Å². The molecular formula is C14H18ClNO3. The van der Waals surface area contributed by atoms with E-state index in [0.717, 1.165) is 5.56 Å². The van der Waals surface area contributed by atoms with Gasteiger partial charge in [-0.25, -0.2) is 0 Å². The van der Waals surface area contributed by atoms with Crippen molar-refractivity contribution in [3.05, 3.63) is 28.8 Å². The Labute approximate surface area is 117 Å². The van der Waals surface area contributed by atoms with Crippen LogP contribution in [0.2, 0.25) is 5.02 Å². The van der Waals surface area contributed by atoms with Crippen molar-refractivity contribution in [3.8, 4) is 0 Å². The van der Waals surface area contributed by atoms with Crippen LogP contribution in [0.1, 0.15) is 26.3 Å². The summed E-state index contributed by atoms with van der Waals surface area (Å²) in [5.74, 6) is -2.84. The van der Waals surface area contributed by atoms with Crippen LogP contribution in [0.3, 0.4) is 0 Å². The summed E-state index contributed by atoms with van der Waals surface area (Å²) in [5.41, 5.74) is 0.580. The number of hydrogen-bond donors (Lipinski definition) is 2. The summed E-state index contributed by atoms with van der Waals surface area (Å²) in [4.78, 5) is 23.3. The monoisotopic (exact) mass is 283 g/mol.